The smallest absolute Gasteiger partial charge is 0.335 e. The number of aromatic carboxylic acids is 1. The highest BCUT2D eigenvalue weighted by Gasteiger charge is 2.20. The minimum Gasteiger partial charge on any atom is -0.478 e. The fraction of sp³-hybridized carbons (Fsp3) is 0.310. The molecule has 0 aromatic heterocycles. The predicted octanol–water partition coefficient (Wildman–Crippen LogP) is 6.63. The molecule has 0 aliphatic rings. The molecule has 0 aliphatic carbocycles. The molecule has 0 saturated carbocycles. The van der Waals surface area contributed by atoms with Gasteiger partial charge in [-0.15, -0.1) is 0 Å². The summed E-state index contributed by atoms with van der Waals surface area (Å²) in [6.07, 6.45) is 1.99. The van der Waals surface area contributed by atoms with Crippen LogP contribution >= 0.6 is 0 Å². The maximum atomic E-state index is 13.5. The molecule has 3 rings (SSSR count). The topological polar surface area (TPSA) is 57.6 Å². The summed E-state index contributed by atoms with van der Waals surface area (Å²) in [5, 5.41) is 9.35. The molecule has 33 heavy (non-hydrogen) atoms. The van der Waals surface area contributed by atoms with Crippen molar-refractivity contribution in [2.45, 2.75) is 47.1 Å². The van der Waals surface area contributed by atoms with Crippen molar-refractivity contribution >= 4 is 17.6 Å². The van der Waals surface area contributed by atoms with Crippen LogP contribution in [0.5, 0.6) is 0 Å². The number of carboxylic acid groups (broad SMARTS) is 1. The Labute approximate surface area is 196 Å². The first-order chi connectivity index (χ1) is 15.7. The summed E-state index contributed by atoms with van der Waals surface area (Å²) in [5.74, 6) is -0.132. The quantitative estimate of drug-likeness (QED) is 0.404. The van der Waals surface area contributed by atoms with Gasteiger partial charge in [0.1, 0.15) is 0 Å². The number of amides is 1. The van der Waals surface area contributed by atoms with Crippen LogP contribution in [0.15, 0.2) is 72.8 Å². The molecule has 0 heterocycles. The molecular weight excluding hydrogens is 410 g/mol. The first-order valence-electron chi connectivity index (χ1n) is 11.5. The Bertz CT molecular complexity index is 1080. The number of nitrogens with zero attached hydrogens (tertiary/aromatic N) is 1. The number of benzene rings is 3. The highest BCUT2D eigenvalue weighted by molar-refractivity contribution is 6.07. The number of carboxylic acids is 1. The highest BCUT2D eigenvalue weighted by atomic mass is 16.4. The summed E-state index contributed by atoms with van der Waals surface area (Å²) < 4.78 is 0. The zero-order chi connectivity index (χ0) is 24.0. The van der Waals surface area contributed by atoms with Crippen molar-refractivity contribution in [1.29, 1.82) is 0 Å². The van der Waals surface area contributed by atoms with Crippen molar-refractivity contribution in [3.8, 4) is 0 Å². The van der Waals surface area contributed by atoms with E-state index < -0.39 is 5.97 Å². The summed E-state index contributed by atoms with van der Waals surface area (Å²) in [6, 6.07) is 22.7. The van der Waals surface area contributed by atoms with Crippen LogP contribution in [0.25, 0.3) is 0 Å². The van der Waals surface area contributed by atoms with E-state index >= 15 is 0 Å². The summed E-state index contributed by atoms with van der Waals surface area (Å²) >= 11 is 0. The van der Waals surface area contributed by atoms with E-state index in [-0.39, 0.29) is 11.5 Å². The van der Waals surface area contributed by atoms with Crippen molar-refractivity contribution in [3.05, 3.63) is 101 Å². The fourth-order valence-corrected chi connectivity index (χ4v) is 3.94. The van der Waals surface area contributed by atoms with Crippen LogP contribution in [0.3, 0.4) is 0 Å². The van der Waals surface area contributed by atoms with E-state index in [2.05, 4.69) is 64.1 Å². The summed E-state index contributed by atoms with van der Waals surface area (Å²) in [5.41, 5.74) is 4.78. The molecule has 0 bridgehead atoms. The Morgan fingerprint density at radius 3 is 1.73 bits per heavy atom. The highest BCUT2D eigenvalue weighted by Crippen LogP contribution is 2.23. The molecule has 0 fully saturated rings. The second-order valence-electron chi connectivity index (χ2n) is 9.46. The van der Waals surface area contributed by atoms with Crippen LogP contribution < -0.4 is 4.90 Å². The van der Waals surface area contributed by atoms with Gasteiger partial charge in [0.05, 0.1) is 12.1 Å². The SMILES string of the molecule is CC(C)Cc1ccc(CN(C(=O)c2cccc(C(=O)O)c2)c2ccc(CC(C)C)cc2)cc1. The molecule has 0 saturated heterocycles. The van der Waals surface area contributed by atoms with Gasteiger partial charge in [0.2, 0.25) is 0 Å². The van der Waals surface area contributed by atoms with E-state index in [1.54, 1.807) is 17.0 Å². The van der Waals surface area contributed by atoms with Crippen LogP contribution in [-0.2, 0) is 19.4 Å². The summed E-state index contributed by atoms with van der Waals surface area (Å²) in [4.78, 5) is 26.7. The maximum absolute atomic E-state index is 13.5. The third-order valence-corrected chi connectivity index (χ3v) is 5.50. The van der Waals surface area contributed by atoms with E-state index in [9.17, 15) is 14.7 Å². The molecule has 0 atom stereocenters. The van der Waals surface area contributed by atoms with Gasteiger partial charge in [0, 0.05) is 11.3 Å². The minimum atomic E-state index is -1.05. The molecule has 0 unspecified atom stereocenters. The molecule has 0 spiro atoms. The Hall–Kier alpha value is -3.40. The normalized spacial score (nSPS) is 11.1. The Morgan fingerprint density at radius 1 is 0.727 bits per heavy atom. The van der Waals surface area contributed by atoms with Crippen molar-refractivity contribution < 1.29 is 14.7 Å². The Kier molecular flexibility index (Phi) is 8.05. The van der Waals surface area contributed by atoms with Crippen LogP contribution in [0, 0.1) is 11.8 Å². The lowest BCUT2D eigenvalue weighted by Crippen LogP contribution is -2.30. The van der Waals surface area contributed by atoms with E-state index in [1.165, 1.54) is 23.3 Å². The van der Waals surface area contributed by atoms with Gasteiger partial charge in [-0.1, -0.05) is 70.2 Å². The van der Waals surface area contributed by atoms with Gasteiger partial charge >= 0.3 is 5.97 Å². The molecule has 1 N–H and O–H groups in total. The monoisotopic (exact) mass is 443 g/mol. The maximum Gasteiger partial charge on any atom is 0.335 e. The predicted molar refractivity (Wildman–Crippen MR) is 134 cm³/mol. The zero-order valence-electron chi connectivity index (χ0n) is 19.9. The molecule has 3 aromatic carbocycles. The zero-order valence-corrected chi connectivity index (χ0v) is 19.9. The number of hydrogen-bond acceptors (Lipinski definition) is 2. The first kappa shape index (κ1) is 24.2. The molecule has 4 heteroatoms. The van der Waals surface area contributed by atoms with Crippen molar-refractivity contribution in [1.82, 2.24) is 0 Å². The van der Waals surface area contributed by atoms with Crippen LogP contribution in [-0.4, -0.2) is 17.0 Å². The van der Waals surface area contributed by atoms with Crippen molar-refractivity contribution in [2.75, 3.05) is 4.90 Å². The molecule has 1 amide bonds. The summed E-state index contributed by atoms with van der Waals surface area (Å²) in [7, 11) is 0. The van der Waals surface area contributed by atoms with E-state index in [0.29, 0.717) is 23.9 Å². The summed E-state index contributed by atoms with van der Waals surface area (Å²) in [6.45, 7) is 9.16. The second kappa shape index (κ2) is 11.0. The largest absolute Gasteiger partial charge is 0.478 e. The lowest BCUT2D eigenvalue weighted by atomic mass is 10.0. The van der Waals surface area contributed by atoms with Gasteiger partial charge in [-0.3, -0.25) is 4.79 Å². The molecule has 0 radical (unpaired) electrons. The second-order valence-corrected chi connectivity index (χ2v) is 9.46. The van der Waals surface area contributed by atoms with Gasteiger partial charge in [0.15, 0.2) is 0 Å². The van der Waals surface area contributed by atoms with Gasteiger partial charge in [-0.25, -0.2) is 4.79 Å². The number of rotatable bonds is 9. The Balaban J connectivity index is 1.93. The molecular formula is C29H33NO3. The van der Waals surface area contributed by atoms with Crippen LogP contribution in [0.2, 0.25) is 0 Å². The van der Waals surface area contributed by atoms with Crippen molar-refractivity contribution in [2.24, 2.45) is 11.8 Å². The number of carbonyl (C=O) groups excluding carboxylic acids is 1. The van der Waals surface area contributed by atoms with Crippen molar-refractivity contribution in [3.63, 3.8) is 0 Å². The lowest BCUT2D eigenvalue weighted by Gasteiger charge is -2.24. The number of anilines is 1. The molecule has 172 valence electrons. The lowest BCUT2D eigenvalue weighted by molar-refractivity contribution is 0.0697. The first-order valence-corrected chi connectivity index (χ1v) is 11.5. The number of hydrogen-bond donors (Lipinski definition) is 1. The van der Waals surface area contributed by atoms with Crippen LogP contribution in [0.1, 0.15) is 65.1 Å². The molecule has 0 aliphatic heterocycles. The van der Waals surface area contributed by atoms with E-state index in [1.807, 2.05) is 12.1 Å². The van der Waals surface area contributed by atoms with E-state index in [0.717, 1.165) is 24.1 Å². The minimum absolute atomic E-state index is 0.103. The third kappa shape index (κ3) is 6.79. The van der Waals surface area contributed by atoms with Crippen LogP contribution in [0.4, 0.5) is 5.69 Å². The van der Waals surface area contributed by atoms with Gasteiger partial charge < -0.3 is 10.0 Å². The van der Waals surface area contributed by atoms with Gasteiger partial charge in [0.25, 0.3) is 5.91 Å². The van der Waals surface area contributed by atoms with Gasteiger partial charge in [-0.2, -0.15) is 0 Å². The average Bonchev–Trinajstić information content (AvgIpc) is 2.78. The number of carbonyl (C=O) groups is 2. The molecule has 4 nitrogen and oxygen atoms in total. The molecule has 3 aromatic rings. The third-order valence-electron chi connectivity index (χ3n) is 5.50. The Morgan fingerprint density at radius 2 is 1.21 bits per heavy atom. The fourth-order valence-electron chi connectivity index (χ4n) is 3.94. The van der Waals surface area contributed by atoms with E-state index in [4.69, 9.17) is 0 Å². The average molecular weight is 444 g/mol. The van der Waals surface area contributed by atoms with Gasteiger partial charge in [-0.05, 0) is 71.7 Å². The standard InChI is InChI=1S/C29H33NO3/c1-20(2)16-22-8-10-24(11-9-22)19-30(27-14-12-23(13-15-27)17-21(3)4)28(31)25-6-5-7-26(18-25)29(32)33/h5-15,18,20-21H,16-17,19H2,1-4H3,(H,32,33).